The molecule has 3 aromatic carbocycles. The van der Waals surface area contributed by atoms with E-state index < -0.39 is 20.0 Å². The van der Waals surface area contributed by atoms with E-state index in [-0.39, 0.29) is 22.9 Å². The Hall–Kier alpha value is -2.84. The van der Waals surface area contributed by atoms with Gasteiger partial charge in [0.25, 0.3) is 20.0 Å². The molecule has 3 aromatic rings. The standard InChI is InChI=1S/C23H24N2O4S2/c1-18-8-12-20(13-9-18)30(26,27)24-16-5-17-25(23-7-4-3-6-22(23)24)31(28,29)21-14-10-19(2)11-15-21/h3-4,6-15H,5,16-17H2,1-2H3. The highest BCUT2D eigenvalue weighted by atomic mass is 32.2. The van der Waals surface area contributed by atoms with E-state index in [1.54, 1.807) is 72.8 Å². The predicted octanol–water partition coefficient (Wildman–Crippen LogP) is 4.10. The van der Waals surface area contributed by atoms with E-state index in [0.717, 1.165) is 11.1 Å². The number of aryl methyl sites for hydroxylation is 2. The molecule has 162 valence electrons. The van der Waals surface area contributed by atoms with Crippen LogP contribution in [0.25, 0.3) is 0 Å². The Balaban J connectivity index is 1.82. The van der Waals surface area contributed by atoms with Crippen LogP contribution in [0.1, 0.15) is 17.5 Å². The highest BCUT2D eigenvalue weighted by Crippen LogP contribution is 2.38. The Morgan fingerprint density at radius 2 is 0.935 bits per heavy atom. The van der Waals surface area contributed by atoms with E-state index in [1.165, 1.54) is 8.61 Å². The quantitative estimate of drug-likeness (QED) is 0.592. The van der Waals surface area contributed by atoms with Crippen molar-refractivity contribution in [2.75, 3.05) is 21.7 Å². The zero-order chi connectivity index (χ0) is 22.2. The zero-order valence-corrected chi connectivity index (χ0v) is 19.0. The van der Waals surface area contributed by atoms with Crippen LogP contribution in [0.2, 0.25) is 0 Å². The second-order valence-electron chi connectivity index (χ2n) is 7.62. The molecule has 0 fully saturated rings. The summed E-state index contributed by atoms with van der Waals surface area (Å²) < 4.78 is 56.4. The molecule has 0 N–H and O–H groups in total. The Morgan fingerprint density at radius 3 is 1.29 bits per heavy atom. The summed E-state index contributed by atoms with van der Waals surface area (Å²) in [6.07, 6.45) is 0.366. The zero-order valence-electron chi connectivity index (χ0n) is 17.4. The van der Waals surface area contributed by atoms with Crippen LogP contribution in [0.15, 0.2) is 82.6 Å². The highest BCUT2D eigenvalue weighted by molar-refractivity contribution is 7.93. The number of fused-ring (bicyclic) bond motifs is 1. The van der Waals surface area contributed by atoms with Gasteiger partial charge in [-0.05, 0) is 56.7 Å². The van der Waals surface area contributed by atoms with Gasteiger partial charge in [-0.1, -0.05) is 47.5 Å². The molecule has 0 atom stereocenters. The number of hydrogen-bond acceptors (Lipinski definition) is 4. The van der Waals surface area contributed by atoms with Crippen molar-refractivity contribution < 1.29 is 16.8 Å². The van der Waals surface area contributed by atoms with E-state index in [2.05, 4.69) is 0 Å². The fourth-order valence-electron chi connectivity index (χ4n) is 3.66. The maximum Gasteiger partial charge on any atom is 0.264 e. The molecule has 0 aromatic heterocycles. The monoisotopic (exact) mass is 456 g/mol. The van der Waals surface area contributed by atoms with Gasteiger partial charge < -0.3 is 0 Å². The van der Waals surface area contributed by atoms with Crippen LogP contribution < -0.4 is 8.61 Å². The van der Waals surface area contributed by atoms with Crippen molar-refractivity contribution in [3.05, 3.63) is 83.9 Å². The average molecular weight is 457 g/mol. The van der Waals surface area contributed by atoms with Gasteiger partial charge in [-0.2, -0.15) is 0 Å². The summed E-state index contributed by atoms with van der Waals surface area (Å²) in [5.41, 5.74) is 2.64. The number of rotatable bonds is 4. The third-order valence-electron chi connectivity index (χ3n) is 5.36. The molecule has 0 saturated heterocycles. The third kappa shape index (κ3) is 3.93. The van der Waals surface area contributed by atoms with Crippen LogP contribution >= 0.6 is 0 Å². The molecule has 31 heavy (non-hydrogen) atoms. The third-order valence-corrected chi connectivity index (χ3v) is 9.01. The molecule has 1 heterocycles. The molecule has 0 amide bonds. The van der Waals surface area contributed by atoms with Gasteiger partial charge in [0.1, 0.15) is 0 Å². The van der Waals surface area contributed by atoms with Gasteiger partial charge in [0.15, 0.2) is 0 Å². The SMILES string of the molecule is Cc1ccc(S(=O)(=O)N2CCCN(S(=O)(=O)c3ccc(C)cc3)c3ccccc32)cc1. The minimum absolute atomic E-state index is 0.183. The van der Waals surface area contributed by atoms with Crippen molar-refractivity contribution >= 4 is 31.4 Å². The molecule has 0 radical (unpaired) electrons. The Labute approximate surface area is 183 Å². The number of anilines is 2. The summed E-state index contributed by atoms with van der Waals surface area (Å²) in [5, 5.41) is 0. The Kier molecular flexibility index (Phi) is 5.53. The maximum atomic E-state index is 13.4. The van der Waals surface area contributed by atoms with E-state index in [0.29, 0.717) is 17.8 Å². The van der Waals surface area contributed by atoms with Gasteiger partial charge in [0, 0.05) is 13.1 Å². The molecule has 0 spiro atoms. The molecular formula is C23H24N2O4S2. The van der Waals surface area contributed by atoms with Gasteiger partial charge in [0.2, 0.25) is 0 Å². The van der Waals surface area contributed by atoms with Gasteiger partial charge in [-0.15, -0.1) is 0 Å². The van der Waals surface area contributed by atoms with Gasteiger partial charge in [0.05, 0.1) is 21.2 Å². The lowest BCUT2D eigenvalue weighted by molar-refractivity contribution is 0.589. The summed E-state index contributed by atoms with van der Waals surface area (Å²) in [6, 6.07) is 20.1. The lowest BCUT2D eigenvalue weighted by Crippen LogP contribution is -2.31. The number of para-hydroxylation sites is 2. The first-order valence-corrected chi connectivity index (χ1v) is 12.9. The second-order valence-corrected chi connectivity index (χ2v) is 11.3. The molecule has 8 heteroatoms. The van der Waals surface area contributed by atoms with Crippen LogP contribution in [0.3, 0.4) is 0 Å². The fourth-order valence-corrected chi connectivity index (χ4v) is 6.69. The number of nitrogens with zero attached hydrogens (tertiary/aromatic N) is 2. The summed E-state index contributed by atoms with van der Waals surface area (Å²) in [7, 11) is -7.69. The number of sulfonamides is 2. The lowest BCUT2D eigenvalue weighted by Gasteiger charge is -2.27. The fraction of sp³-hybridized carbons (Fsp3) is 0.217. The molecular weight excluding hydrogens is 432 g/mol. The normalized spacial score (nSPS) is 14.8. The molecule has 0 bridgehead atoms. The van der Waals surface area contributed by atoms with E-state index in [9.17, 15) is 16.8 Å². The molecule has 1 aliphatic heterocycles. The maximum absolute atomic E-state index is 13.4. The summed E-state index contributed by atoms with van der Waals surface area (Å²) >= 11 is 0. The molecule has 0 saturated carbocycles. The van der Waals surface area contributed by atoms with E-state index in [4.69, 9.17) is 0 Å². The van der Waals surface area contributed by atoms with Crippen molar-refractivity contribution in [2.24, 2.45) is 0 Å². The molecule has 6 nitrogen and oxygen atoms in total. The summed E-state index contributed by atoms with van der Waals surface area (Å²) in [6.45, 7) is 4.16. The van der Waals surface area contributed by atoms with E-state index in [1.807, 2.05) is 13.8 Å². The largest absolute Gasteiger partial charge is 0.264 e. The van der Waals surface area contributed by atoms with Gasteiger partial charge >= 0.3 is 0 Å². The number of hydrogen-bond donors (Lipinski definition) is 0. The van der Waals surface area contributed by atoms with Crippen molar-refractivity contribution in [3.8, 4) is 0 Å². The van der Waals surface area contributed by atoms with Crippen LogP contribution in [0.4, 0.5) is 11.4 Å². The Bertz CT molecular complexity index is 1200. The van der Waals surface area contributed by atoms with Crippen LogP contribution in [-0.4, -0.2) is 29.9 Å². The van der Waals surface area contributed by atoms with Gasteiger partial charge in [-0.25, -0.2) is 16.8 Å². The summed E-state index contributed by atoms with van der Waals surface area (Å²) in [4.78, 5) is 0.366. The molecule has 0 aliphatic carbocycles. The second kappa shape index (κ2) is 8.01. The minimum atomic E-state index is -3.84. The lowest BCUT2D eigenvalue weighted by atomic mass is 10.2. The van der Waals surface area contributed by atoms with Crippen LogP contribution in [-0.2, 0) is 20.0 Å². The van der Waals surface area contributed by atoms with Crippen LogP contribution in [0.5, 0.6) is 0 Å². The molecule has 4 rings (SSSR count). The predicted molar refractivity (Wildman–Crippen MR) is 122 cm³/mol. The van der Waals surface area contributed by atoms with Crippen LogP contribution in [0, 0.1) is 13.8 Å². The first-order chi connectivity index (χ1) is 14.7. The van der Waals surface area contributed by atoms with E-state index >= 15 is 0 Å². The first-order valence-electron chi connectivity index (χ1n) is 9.99. The average Bonchev–Trinajstić information content (AvgIpc) is 2.95. The molecule has 0 unspecified atom stereocenters. The summed E-state index contributed by atoms with van der Waals surface area (Å²) in [5.74, 6) is 0. The van der Waals surface area contributed by atoms with Crippen molar-refractivity contribution in [1.29, 1.82) is 0 Å². The van der Waals surface area contributed by atoms with Crippen molar-refractivity contribution in [2.45, 2.75) is 30.1 Å². The smallest absolute Gasteiger partial charge is 0.264 e. The minimum Gasteiger partial charge on any atom is -0.264 e. The van der Waals surface area contributed by atoms with Crippen molar-refractivity contribution in [3.63, 3.8) is 0 Å². The Morgan fingerprint density at radius 1 is 0.581 bits per heavy atom. The number of benzene rings is 3. The molecule has 1 aliphatic rings. The highest BCUT2D eigenvalue weighted by Gasteiger charge is 2.34. The first kappa shape index (κ1) is 21.4. The van der Waals surface area contributed by atoms with Crippen molar-refractivity contribution in [1.82, 2.24) is 0 Å². The van der Waals surface area contributed by atoms with Gasteiger partial charge in [-0.3, -0.25) is 8.61 Å². The topological polar surface area (TPSA) is 74.8 Å².